The second-order valence-corrected chi connectivity index (χ2v) is 7.61. The first-order valence-corrected chi connectivity index (χ1v) is 10.4. The van der Waals surface area contributed by atoms with Crippen molar-refractivity contribution in [1.29, 1.82) is 0 Å². The van der Waals surface area contributed by atoms with E-state index in [9.17, 15) is 13.6 Å². The molecule has 172 valence electrons. The van der Waals surface area contributed by atoms with Gasteiger partial charge in [0.25, 0.3) is 0 Å². The van der Waals surface area contributed by atoms with Crippen LogP contribution in [0.2, 0.25) is 0 Å². The Bertz CT molecular complexity index is 1190. The predicted octanol–water partition coefficient (Wildman–Crippen LogP) is 3.48. The zero-order chi connectivity index (χ0) is 23.4. The van der Waals surface area contributed by atoms with Crippen LogP contribution in [0.5, 0.6) is 0 Å². The second-order valence-electron chi connectivity index (χ2n) is 7.61. The predicted molar refractivity (Wildman–Crippen MR) is 119 cm³/mol. The van der Waals surface area contributed by atoms with Crippen LogP contribution in [0.15, 0.2) is 48.7 Å². The lowest BCUT2D eigenvalue weighted by Gasteiger charge is -2.30. The van der Waals surface area contributed by atoms with Crippen LogP contribution in [0.4, 0.5) is 20.2 Å². The number of allylic oxidation sites excluding steroid dienone is 1. The van der Waals surface area contributed by atoms with Crippen LogP contribution in [0, 0.1) is 11.6 Å². The lowest BCUT2D eigenvalue weighted by atomic mass is 10.0. The molecule has 2 aromatic carbocycles. The minimum Gasteiger partial charge on any atom is -0.478 e. The van der Waals surface area contributed by atoms with Crippen molar-refractivity contribution < 1.29 is 23.4 Å². The van der Waals surface area contributed by atoms with Crippen molar-refractivity contribution in [3.63, 3.8) is 0 Å². The summed E-state index contributed by atoms with van der Waals surface area (Å²) in [6.07, 6.45) is 2.90. The van der Waals surface area contributed by atoms with Gasteiger partial charge in [-0.1, -0.05) is 11.3 Å². The summed E-state index contributed by atoms with van der Waals surface area (Å²) in [5.74, 6) is -2.85. The van der Waals surface area contributed by atoms with Gasteiger partial charge in [0.2, 0.25) is 0 Å². The lowest BCUT2D eigenvalue weighted by molar-refractivity contribution is -0.131. The number of aromatic nitrogens is 3. The Kier molecular flexibility index (Phi) is 6.64. The number of hydrogen-bond acceptors (Lipinski definition) is 6. The molecule has 3 aromatic rings. The molecule has 1 aromatic heterocycles. The number of nitrogens with one attached hydrogen (secondary N) is 1. The number of carboxylic acid groups (broad SMARTS) is 1. The van der Waals surface area contributed by atoms with Crippen LogP contribution in [-0.2, 0) is 16.1 Å². The van der Waals surface area contributed by atoms with Gasteiger partial charge in [0, 0.05) is 30.9 Å². The van der Waals surface area contributed by atoms with Crippen LogP contribution in [0.1, 0.15) is 18.2 Å². The first kappa shape index (κ1) is 22.4. The fourth-order valence-corrected chi connectivity index (χ4v) is 3.59. The Morgan fingerprint density at radius 2 is 1.94 bits per heavy atom. The number of carboxylic acids is 1. The fraction of sp³-hybridized carbons (Fsp3) is 0.261. The summed E-state index contributed by atoms with van der Waals surface area (Å²) >= 11 is 0. The summed E-state index contributed by atoms with van der Waals surface area (Å²) < 4.78 is 33.6. The van der Waals surface area contributed by atoms with Crippen LogP contribution in [-0.4, -0.2) is 52.4 Å². The first-order valence-electron chi connectivity index (χ1n) is 10.4. The van der Waals surface area contributed by atoms with E-state index >= 15 is 0 Å². The molecule has 33 heavy (non-hydrogen) atoms. The highest BCUT2D eigenvalue weighted by Gasteiger charge is 2.18. The van der Waals surface area contributed by atoms with Crippen molar-refractivity contribution in [2.24, 2.45) is 0 Å². The highest BCUT2D eigenvalue weighted by Crippen LogP contribution is 2.29. The lowest BCUT2D eigenvalue weighted by Crippen LogP contribution is -2.36. The minimum absolute atomic E-state index is 0.260. The standard InChI is InChI=1S/C23H23F2N5O3/c1-15(10-23(31)32)16-2-5-21(29-6-8-33-9-7-29)22(11-16)30-14-18(27-28-30)13-26-17-3-4-19(24)20(25)12-17/h2-5,10-12,14,26H,6-9,13H2,1H3,(H,31,32)/b15-10+. The van der Waals surface area contributed by atoms with E-state index in [-0.39, 0.29) is 6.54 Å². The van der Waals surface area contributed by atoms with E-state index in [2.05, 4.69) is 20.5 Å². The normalized spacial score (nSPS) is 14.4. The summed E-state index contributed by atoms with van der Waals surface area (Å²) in [7, 11) is 0. The number of carbonyl (C=O) groups is 1. The fourth-order valence-electron chi connectivity index (χ4n) is 3.59. The number of rotatable bonds is 7. The Hall–Kier alpha value is -3.79. The molecule has 0 bridgehead atoms. The van der Waals surface area contributed by atoms with Gasteiger partial charge in [-0.25, -0.2) is 18.3 Å². The molecule has 2 N–H and O–H groups in total. The quantitative estimate of drug-likeness (QED) is 0.527. The molecule has 10 heteroatoms. The van der Waals surface area contributed by atoms with E-state index in [1.807, 2.05) is 18.2 Å². The summed E-state index contributed by atoms with van der Waals surface area (Å²) in [5.41, 5.74) is 4.05. The zero-order valence-electron chi connectivity index (χ0n) is 18.0. The molecule has 0 aliphatic carbocycles. The summed E-state index contributed by atoms with van der Waals surface area (Å²) in [5, 5.41) is 20.5. The molecule has 1 aliphatic rings. The second kappa shape index (κ2) is 9.78. The smallest absolute Gasteiger partial charge is 0.328 e. The average Bonchev–Trinajstić information content (AvgIpc) is 3.28. The van der Waals surface area contributed by atoms with Gasteiger partial charge in [-0.05, 0) is 42.3 Å². The first-order chi connectivity index (χ1) is 15.9. The molecule has 1 fully saturated rings. The van der Waals surface area contributed by atoms with Crippen molar-refractivity contribution in [1.82, 2.24) is 15.0 Å². The topological polar surface area (TPSA) is 92.5 Å². The molecule has 1 saturated heterocycles. The minimum atomic E-state index is -1.02. The van der Waals surface area contributed by atoms with Gasteiger partial charge in [0.15, 0.2) is 11.6 Å². The summed E-state index contributed by atoms with van der Waals surface area (Å²) in [6, 6.07) is 9.28. The molecule has 0 radical (unpaired) electrons. The van der Waals surface area contributed by atoms with Crippen LogP contribution in [0.3, 0.4) is 0 Å². The Balaban J connectivity index is 1.62. The Morgan fingerprint density at radius 3 is 2.67 bits per heavy atom. The van der Waals surface area contributed by atoms with Gasteiger partial charge < -0.3 is 20.1 Å². The van der Waals surface area contributed by atoms with Gasteiger partial charge in [-0.2, -0.15) is 0 Å². The molecule has 8 nitrogen and oxygen atoms in total. The number of hydrogen-bond donors (Lipinski definition) is 2. The molecule has 4 rings (SSSR count). The Morgan fingerprint density at radius 1 is 1.15 bits per heavy atom. The van der Waals surface area contributed by atoms with Crippen molar-refractivity contribution in [3.05, 3.63) is 71.6 Å². The third-order valence-corrected chi connectivity index (χ3v) is 5.30. The maximum absolute atomic E-state index is 13.4. The third-order valence-electron chi connectivity index (χ3n) is 5.30. The third kappa shape index (κ3) is 5.35. The zero-order valence-corrected chi connectivity index (χ0v) is 18.0. The molecule has 0 unspecified atom stereocenters. The van der Waals surface area contributed by atoms with Crippen LogP contribution >= 0.6 is 0 Å². The average molecular weight is 455 g/mol. The molecular formula is C23H23F2N5O3. The van der Waals surface area contributed by atoms with E-state index in [0.717, 1.165) is 48.2 Å². The highest BCUT2D eigenvalue weighted by atomic mass is 19.2. The van der Waals surface area contributed by atoms with E-state index in [0.29, 0.717) is 30.2 Å². The monoisotopic (exact) mass is 455 g/mol. The van der Waals surface area contributed by atoms with E-state index in [1.54, 1.807) is 17.8 Å². The summed E-state index contributed by atoms with van der Waals surface area (Å²) in [4.78, 5) is 13.3. The molecule has 2 heterocycles. The van der Waals surface area contributed by atoms with E-state index in [4.69, 9.17) is 9.84 Å². The van der Waals surface area contributed by atoms with Crippen molar-refractivity contribution in [2.75, 3.05) is 36.5 Å². The number of anilines is 2. The van der Waals surface area contributed by atoms with Crippen molar-refractivity contribution in [2.45, 2.75) is 13.5 Å². The van der Waals surface area contributed by atoms with Crippen molar-refractivity contribution >= 4 is 22.9 Å². The molecule has 0 saturated carbocycles. The highest BCUT2D eigenvalue weighted by molar-refractivity contribution is 5.90. The van der Waals surface area contributed by atoms with Gasteiger partial charge in [0.1, 0.15) is 5.69 Å². The number of morpholine rings is 1. The molecule has 1 aliphatic heterocycles. The number of halogens is 2. The molecule has 0 spiro atoms. The maximum Gasteiger partial charge on any atom is 0.328 e. The van der Waals surface area contributed by atoms with Crippen LogP contribution in [0.25, 0.3) is 11.3 Å². The van der Waals surface area contributed by atoms with Crippen molar-refractivity contribution in [3.8, 4) is 5.69 Å². The number of nitrogens with zero attached hydrogens (tertiary/aromatic N) is 4. The SMILES string of the molecule is C/C(=C\C(=O)O)c1ccc(N2CCOCC2)c(-n2cc(CNc3ccc(F)c(F)c3)nn2)c1. The van der Waals surface area contributed by atoms with Gasteiger partial charge in [-0.15, -0.1) is 5.10 Å². The van der Waals surface area contributed by atoms with Gasteiger partial charge in [0.05, 0.1) is 37.3 Å². The molecule has 0 amide bonds. The van der Waals surface area contributed by atoms with E-state index < -0.39 is 17.6 Å². The Labute approximate surface area is 189 Å². The van der Waals surface area contributed by atoms with Crippen LogP contribution < -0.4 is 10.2 Å². The number of benzene rings is 2. The van der Waals surface area contributed by atoms with Gasteiger partial charge >= 0.3 is 5.97 Å². The maximum atomic E-state index is 13.4. The largest absolute Gasteiger partial charge is 0.478 e. The number of ether oxygens (including phenoxy) is 1. The van der Waals surface area contributed by atoms with Gasteiger partial charge in [-0.3, -0.25) is 0 Å². The summed E-state index contributed by atoms with van der Waals surface area (Å²) in [6.45, 7) is 4.65. The van der Waals surface area contributed by atoms with E-state index in [1.165, 1.54) is 6.07 Å². The molecular weight excluding hydrogens is 432 g/mol. The molecule has 0 atom stereocenters. The number of aliphatic carboxylic acids is 1.